The van der Waals surface area contributed by atoms with E-state index in [9.17, 15) is 36.7 Å². The van der Waals surface area contributed by atoms with Crippen molar-refractivity contribution in [2.24, 2.45) is 0 Å². The molecule has 1 aliphatic rings. The summed E-state index contributed by atoms with van der Waals surface area (Å²) in [6.45, 7) is -1.34. The number of anilines is 2. The zero-order chi connectivity index (χ0) is 27.8. The van der Waals surface area contributed by atoms with E-state index in [0.717, 1.165) is 23.5 Å². The topological polar surface area (TPSA) is 129 Å². The molecule has 38 heavy (non-hydrogen) atoms. The third-order valence-corrected chi connectivity index (χ3v) is 6.36. The van der Waals surface area contributed by atoms with Gasteiger partial charge in [-0.15, -0.1) is 11.3 Å². The average molecular weight is 580 g/mol. The zero-order valence-electron chi connectivity index (χ0n) is 19.4. The number of carbonyl (C=O) groups is 4. The minimum Gasteiger partial charge on any atom is -0.370 e. The number of morpholine rings is 1. The Hall–Kier alpha value is -3.43. The third-order valence-electron chi connectivity index (χ3n) is 5.13. The highest BCUT2D eigenvalue weighted by Crippen LogP contribution is 2.32. The maximum atomic E-state index is 13.9. The number of urea groups is 1. The lowest BCUT2D eigenvalue weighted by molar-refractivity contribution is -0.125. The summed E-state index contributed by atoms with van der Waals surface area (Å²) in [6, 6.07) is 3.77. The molecule has 0 saturated carbocycles. The molecule has 3 rings (SSSR count). The number of nitrogens with zero attached hydrogens (tertiary/aromatic N) is 1. The van der Waals surface area contributed by atoms with E-state index in [4.69, 9.17) is 16.3 Å². The number of rotatable bonds is 10. The highest BCUT2D eigenvalue weighted by atomic mass is 35.5. The highest BCUT2D eigenvalue weighted by Gasteiger charge is 2.27. The van der Waals surface area contributed by atoms with Gasteiger partial charge in [0.05, 0.1) is 22.4 Å². The Morgan fingerprint density at radius 2 is 1.84 bits per heavy atom. The Morgan fingerprint density at radius 1 is 1.08 bits per heavy atom. The molecular weight excluding hydrogens is 558 g/mol. The third kappa shape index (κ3) is 8.03. The first-order valence-electron chi connectivity index (χ1n) is 11.0. The van der Waals surface area contributed by atoms with Gasteiger partial charge in [-0.1, -0.05) is 11.6 Å². The van der Waals surface area contributed by atoms with Gasteiger partial charge in [-0.25, -0.2) is 22.4 Å². The van der Waals surface area contributed by atoms with Crippen LogP contribution in [0.2, 0.25) is 4.34 Å². The highest BCUT2D eigenvalue weighted by molar-refractivity contribution is 7.18. The summed E-state index contributed by atoms with van der Waals surface area (Å²) in [7, 11) is 0. The Balaban J connectivity index is 1.77. The fourth-order valence-corrected chi connectivity index (χ4v) is 4.29. The van der Waals surface area contributed by atoms with Crippen molar-refractivity contribution in [1.82, 2.24) is 16.0 Å². The van der Waals surface area contributed by atoms with Gasteiger partial charge in [-0.3, -0.25) is 14.4 Å². The van der Waals surface area contributed by atoms with Crippen LogP contribution in [0.5, 0.6) is 0 Å². The SMILES string of the molecule is O=C(NCC(F)F)N[C@H](CNC(=O)c1ccc(Cl)s1)C(=O)Nc1ccc(N2CCOCC2=O)cc1C(F)F. The van der Waals surface area contributed by atoms with Gasteiger partial charge in [0, 0.05) is 30.0 Å². The van der Waals surface area contributed by atoms with Crippen LogP contribution in [0, 0.1) is 0 Å². The van der Waals surface area contributed by atoms with Gasteiger partial charge in [0.2, 0.25) is 5.91 Å². The Kier molecular flexibility index (Phi) is 10.3. The van der Waals surface area contributed by atoms with Crippen LogP contribution in [0.4, 0.5) is 33.7 Å². The molecule has 2 aromatic rings. The van der Waals surface area contributed by atoms with E-state index in [-0.39, 0.29) is 36.0 Å². The molecule has 206 valence electrons. The zero-order valence-corrected chi connectivity index (χ0v) is 21.0. The molecule has 0 radical (unpaired) electrons. The summed E-state index contributed by atoms with van der Waals surface area (Å²) in [6.07, 6.45) is -5.91. The molecule has 1 fully saturated rings. The van der Waals surface area contributed by atoms with E-state index in [0.29, 0.717) is 4.34 Å². The molecule has 1 atom stereocenters. The van der Waals surface area contributed by atoms with Crippen molar-refractivity contribution >= 4 is 58.1 Å². The second-order valence-electron chi connectivity index (χ2n) is 7.77. The van der Waals surface area contributed by atoms with Gasteiger partial charge in [0.25, 0.3) is 24.7 Å². The van der Waals surface area contributed by atoms with E-state index in [2.05, 4.69) is 16.0 Å². The fraction of sp³-hybridized carbons (Fsp3) is 0.364. The molecule has 16 heteroatoms. The average Bonchev–Trinajstić information content (AvgIpc) is 3.31. The van der Waals surface area contributed by atoms with E-state index < -0.39 is 61.3 Å². The molecule has 1 aromatic heterocycles. The van der Waals surface area contributed by atoms with Crippen LogP contribution in [0.15, 0.2) is 30.3 Å². The minimum atomic E-state index is -3.05. The number of alkyl halides is 4. The van der Waals surface area contributed by atoms with Crippen molar-refractivity contribution < 1.29 is 41.5 Å². The lowest BCUT2D eigenvalue weighted by Gasteiger charge is -2.28. The Labute approximate surface area is 222 Å². The maximum Gasteiger partial charge on any atom is 0.315 e. The van der Waals surface area contributed by atoms with Crippen LogP contribution in [-0.4, -0.2) is 69.1 Å². The first-order valence-corrected chi connectivity index (χ1v) is 12.2. The number of hydrogen-bond acceptors (Lipinski definition) is 6. The van der Waals surface area contributed by atoms with Crippen molar-refractivity contribution in [3.05, 3.63) is 45.1 Å². The lowest BCUT2D eigenvalue weighted by atomic mass is 10.1. The number of benzene rings is 1. The van der Waals surface area contributed by atoms with Gasteiger partial charge in [0.1, 0.15) is 12.6 Å². The molecule has 1 aromatic carbocycles. The number of carbonyl (C=O) groups excluding carboxylic acids is 4. The van der Waals surface area contributed by atoms with Crippen LogP contribution in [-0.2, 0) is 14.3 Å². The molecule has 1 aliphatic heterocycles. The Bertz CT molecular complexity index is 1180. The maximum absolute atomic E-state index is 13.9. The van der Waals surface area contributed by atoms with E-state index >= 15 is 0 Å². The number of nitrogens with one attached hydrogen (secondary N) is 4. The number of ether oxygens (including phenoxy) is 1. The molecular formula is C22H22ClF4N5O5S. The number of amides is 5. The minimum absolute atomic E-state index is 0.155. The molecule has 2 heterocycles. The molecule has 4 N–H and O–H groups in total. The van der Waals surface area contributed by atoms with Crippen molar-refractivity contribution in [2.45, 2.75) is 18.9 Å². The van der Waals surface area contributed by atoms with Crippen LogP contribution in [0.1, 0.15) is 21.7 Å². The molecule has 0 bridgehead atoms. The summed E-state index contributed by atoms with van der Waals surface area (Å²) in [4.78, 5) is 50.9. The van der Waals surface area contributed by atoms with Gasteiger partial charge >= 0.3 is 6.03 Å². The standard InChI is InChI=1S/C22H22ClF4N5O5S/c23-16-4-3-15(38-16)21(35)28-8-14(31-22(36)29-9-17(24)25)20(34)30-13-2-1-11(7-12(13)19(26)27)32-5-6-37-10-18(32)33/h1-4,7,14,17,19H,5-6,8-10H2,(H,28,35)(H,30,34)(H2,29,31,36)/t14-/m1/s1. The van der Waals surface area contributed by atoms with E-state index in [1.54, 1.807) is 0 Å². The predicted octanol–water partition coefficient (Wildman–Crippen LogP) is 3.00. The summed E-state index contributed by atoms with van der Waals surface area (Å²) in [5.74, 6) is -2.07. The van der Waals surface area contributed by atoms with Gasteiger partial charge < -0.3 is 30.9 Å². The lowest BCUT2D eigenvalue weighted by Crippen LogP contribution is -2.53. The van der Waals surface area contributed by atoms with Crippen molar-refractivity contribution in [2.75, 3.05) is 43.1 Å². The summed E-state index contributed by atoms with van der Waals surface area (Å²) in [5.41, 5.74) is -0.742. The second-order valence-corrected chi connectivity index (χ2v) is 9.49. The fourth-order valence-electron chi connectivity index (χ4n) is 3.33. The smallest absolute Gasteiger partial charge is 0.315 e. The van der Waals surface area contributed by atoms with Gasteiger partial charge in [0.15, 0.2) is 0 Å². The Morgan fingerprint density at radius 3 is 2.47 bits per heavy atom. The molecule has 10 nitrogen and oxygen atoms in total. The first kappa shape index (κ1) is 29.1. The summed E-state index contributed by atoms with van der Waals surface area (Å²) >= 11 is 6.76. The molecule has 5 amide bonds. The van der Waals surface area contributed by atoms with Crippen molar-refractivity contribution in [1.29, 1.82) is 0 Å². The molecule has 1 saturated heterocycles. The monoisotopic (exact) mass is 579 g/mol. The van der Waals surface area contributed by atoms with Crippen LogP contribution < -0.4 is 26.2 Å². The molecule has 0 unspecified atom stereocenters. The molecule has 0 spiro atoms. The van der Waals surface area contributed by atoms with Gasteiger partial charge in [-0.05, 0) is 30.3 Å². The predicted molar refractivity (Wildman–Crippen MR) is 131 cm³/mol. The second kappa shape index (κ2) is 13.4. The van der Waals surface area contributed by atoms with Gasteiger partial charge in [-0.2, -0.15) is 0 Å². The number of hydrogen-bond donors (Lipinski definition) is 4. The number of halogens is 5. The van der Waals surface area contributed by atoms with E-state index in [1.807, 2.05) is 5.32 Å². The normalized spacial score (nSPS) is 14.4. The first-order chi connectivity index (χ1) is 18.0. The largest absolute Gasteiger partial charge is 0.370 e. The number of thiophene rings is 1. The van der Waals surface area contributed by atoms with Crippen molar-refractivity contribution in [3.63, 3.8) is 0 Å². The summed E-state index contributed by atoms with van der Waals surface area (Å²) in [5, 5.41) is 8.66. The quantitative estimate of drug-likeness (QED) is 0.322. The van der Waals surface area contributed by atoms with Crippen molar-refractivity contribution in [3.8, 4) is 0 Å². The van der Waals surface area contributed by atoms with Crippen LogP contribution >= 0.6 is 22.9 Å². The van der Waals surface area contributed by atoms with E-state index in [1.165, 1.54) is 23.1 Å². The van der Waals surface area contributed by atoms with Crippen LogP contribution in [0.25, 0.3) is 0 Å². The summed E-state index contributed by atoms with van der Waals surface area (Å²) < 4.78 is 58.0. The molecule has 0 aliphatic carbocycles. The van der Waals surface area contributed by atoms with Crippen LogP contribution in [0.3, 0.4) is 0 Å².